The first-order chi connectivity index (χ1) is 14.0. The number of carboxylic acids is 1. The van der Waals surface area contributed by atoms with Gasteiger partial charge in [-0.2, -0.15) is 0 Å². The second kappa shape index (κ2) is 9.57. The summed E-state index contributed by atoms with van der Waals surface area (Å²) in [4.78, 5) is 36.4. The molecule has 0 aliphatic rings. The molecule has 2 N–H and O–H groups in total. The van der Waals surface area contributed by atoms with Gasteiger partial charge in [-0.3, -0.25) is 9.59 Å². The van der Waals surface area contributed by atoms with E-state index < -0.39 is 5.97 Å². The molecule has 6 nitrogen and oxygen atoms in total. The van der Waals surface area contributed by atoms with E-state index >= 15 is 0 Å². The van der Waals surface area contributed by atoms with E-state index in [1.54, 1.807) is 24.3 Å². The standard InChI is InChI=1S/C22H18N2O4S/c25-20(14-29-19-7-2-1-3-8-19)23-18-6-4-5-16(13-18)21(26)24-17-11-9-15(10-12-17)22(27)28/h1-13H,14H2,(H,23,25)(H,24,26)(H,27,28)/p-1. The Bertz CT molecular complexity index is 1020. The van der Waals surface area contributed by atoms with Crippen molar-refractivity contribution in [1.82, 2.24) is 0 Å². The van der Waals surface area contributed by atoms with Crippen LogP contribution in [-0.4, -0.2) is 23.5 Å². The molecule has 2 amide bonds. The quantitative estimate of drug-likeness (QED) is 0.589. The Morgan fingerprint density at radius 1 is 0.759 bits per heavy atom. The van der Waals surface area contributed by atoms with E-state index in [1.807, 2.05) is 30.3 Å². The number of benzene rings is 3. The lowest BCUT2D eigenvalue weighted by atomic mass is 10.1. The molecule has 0 radical (unpaired) electrons. The molecule has 0 atom stereocenters. The molecule has 0 aliphatic heterocycles. The molecule has 3 aromatic carbocycles. The average molecular weight is 405 g/mol. The topological polar surface area (TPSA) is 98.3 Å². The molecule has 0 fully saturated rings. The van der Waals surface area contributed by atoms with E-state index in [2.05, 4.69) is 10.6 Å². The molecule has 0 unspecified atom stereocenters. The Labute approximate surface area is 172 Å². The molecular weight excluding hydrogens is 388 g/mol. The third-order valence-corrected chi connectivity index (χ3v) is 4.91. The van der Waals surface area contributed by atoms with Gasteiger partial charge >= 0.3 is 0 Å². The number of amides is 2. The van der Waals surface area contributed by atoms with Gasteiger partial charge in [0.2, 0.25) is 5.91 Å². The fourth-order valence-corrected chi connectivity index (χ4v) is 3.21. The van der Waals surface area contributed by atoms with Crippen molar-refractivity contribution in [3.8, 4) is 0 Å². The summed E-state index contributed by atoms with van der Waals surface area (Å²) >= 11 is 1.43. The summed E-state index contributed by atoms with van der Waals surface area (Å²) in [7, 11) is 0. The van der Waals surface area contributed by atoms with Gasteiger partial charge in [-0.25, -0.2) is 0 Å². The van der Waals surface area contributed by atoms with E-state index in [0.717, 1.165) is 4.90 Å². The molecule has 0 bridgehead atoms. The minimum absolute atomic E-state index is 0.0288. The van der Waals surface area contributed by atoms with Crippen molar-refractivity contribution in [1.29, 1.82) is 0 Å². The first-order valence-corrected chi connectivity index (χ1v) is 9.70. The summed E-state index contributed by atoms with van der Waals surface area (Å²) in [5, 5.41) is 16.2. The lowest BCUT2D eigenvalue weighted by Crippen LogP contribution is -2.22. The van der Waals surface area contributed by atoms with Crippen molar-refractivity contribution in [2.24, 2.45) is 0 Å². The predicted molar refractivity (Wildman–Crippen MR) is 111 cm³/mol. The first-order valence-electron chi connectivity index (χ1n) is 8.72. The zero-order chi connectivity index (χ0) is 20.6. The summed E-state index contributed by atoms with van der Waals surface area (Å²) in [6.07, 6.45) is 0. The summed E-state index contributed by atoms with van der Waals surface area (Å²) < 4.78 is 0. The van der Waals surface area contributed by atoms with Crippen LogP contribution in [0.1, 0.15) is 20.7 Å². The number of carboxylic acid groups (broad SMARTS) is 1. The van der Waals surface area contributed by atoms with Crippen LogP contribution in [0.25, 0.3) is 0 Å². The maximum absolute atomic E-state index is 12.4. The fraction of sp³-hybridized carbons (Fsp3) is 0.0455. The monoisotopic (exact) mass is 405 g/mol. The van der Waals surface area contributed by atoms with E-state index in [4.69, 9.17) is 0 Å². The van der Waals surface area contributed by atoms with E-state index in [1.165, 1.54) is 36.0 Å². The van der Waals surface area contributed by atoms with Gasteiger partial charge in [-0.1, -0.05) is 36.4 Å². The van der Waals surface area contributed by atoms with Gasteiger partial charge < -0.3 is 20.5 Å². The zero-order valence-electron chi connectivity index (χ0n) is 15.3. The van der Waals surface area contributed by atoms with Crippen LogP contribution in [0, 0.1) is 0 Å². The Morgan fingerprint density at radius 3 is 2.17 bits per heavy atom. The average Bonchev–Trinajstić information content (AvgIpc) is 2.73. The van der Waals surface area contributed by atoms with Crippen molar-refractivity contribution < 1.29 is 19.5 Å². The summed E-state index contributed by atoms with van der Waals surface area (Å²) in [5.41, 5.74) is 1.36. The summed E-state index contributed by atoms with van der Waals surface area (Å²) in [5.74, 6) is -1.57. The molecule has 29 heavy (non-hydrogen) atoms. The Morgan fingerprint density at radius 2 is 1.48 bits per heavy atom. The second-order valence-corrected chi connectivity index (χ2v) is 7.10. The highest BCUT2D eigenvalue weighted by atomic mass is 32.2. The normalized spacial score (nSPS) is 10.2. The molecule has 7 heteroatoms. The number of hydrogen-bond acceptors (Lipinski definition) is 5. The van der Waals surface area contributed by atoms with E-state index in [-0.39, 0.29) is 23.1 Å². The van der Waals surface area contributed by atoms with Crippen LogP contribution in [0.15, 0.2) is 83.8 Å². The second-order valence-electron chi connectivity index (χ2n) is 6.05. The molecule has 0 heterocycles. The van der Waals surface area contributed by atoms with Crippen LogP contribution in [0.2, 0.25) is 0 Å². The van der Waals surface area contributed by atoms with Crippen LogP contribution >= 0.6 is 11.8 Å². The number of hydrogen-bond donors (Lipinski definition) is 2. The molecule has 0 aromatic heterocycles. The third kappa shape index (κ3) is 5.95. The van der Waals surface area contributed by atoms with Crippen LogP contribution in [0.4, 0.5) is 11.4 Å². The summed E-state index contributed by atoms with van der Waals surface area (Å²) in [6, 6.07) is 21.9. The van der Waals surface area contributed by atoms with Gasteiger partial charge in [0.15, 0.2) is 0 Å². The molecule has 3 rings (SSSR count). The maximum atomic E-state index is 12.4. The highest BCUT2D eigenvalue weighted by Crippen LogP contribution is 2.18. The zero-order valence-corrected chi connectivity index (χ0v) is 16.1. The Kier molecular flexibility index (Phi) is 6.65. The van der Waals surface area contributed by atoms with Crippen molar-refractivity contribution in [2.45, 2.75) is 4.90 Å². The highest BCUT2D eigenvalue weighted by Gasteiger charge is 2.09. The van der Waals surface area contributed by atoms with Gasteiger partial charge in [0.05, 0.1) is 11.7 Å². The molecule has 0 aliphatic carbocycles. The molecule has 3 aromatic rings. The SMILES string of the molecule is O=C(CSc1ccccc1)Nc1cccc(C(=O)Nc2ccc(C(=O)[O-])cc2)c1. The number of rotatable bonds is 7. The number of anilines is 2. The number of carbonyl (C=O) groups is 3. The lowest BCUT2D eigenvalue weighted by molar-refractivity contribution is -0.255. The number of aromatic carboxylic acids is 1. The van der Waals surface area contributed by atoms with Gasteiger partial charge in [0.1, 0.15) is 0 Å². The number of thioether (sulfide) groups is 1. The largest absolute Gasteiger partial charge is 0.545 e. The highest BCUT2D eigenvalue weighted by molar-refractivity contribution is 8.00. The number of carbonyl (C=O) groups excluding carboxylic acids is 3. The Hall–Kier alpha value is -3.58. The minimum atomic E-state index is -1.28. The van der Waals surface area contributed by atoms with Crippen molar-refractivity contribution >= 4 is 40.9 Å². The summed E-state index contributed by atoms with van der Waals surface area (Å²) in [6.45, 7) is 0. The van der Waals surface area contributed by atoms with Crippen molar-refractivity contribution in [3.63, 3.8) is 0 Å². The van der Waals surface area contributed by atoms with Crippen molar-refractivity contribution in [2.75, 3.05) is 16.4 Å². The van der Waals surface area contributed by atoms with E-state index in [0.29, 0.717) is 16.9 Å². The maximum Gasteiger partial charge on any atom is 0.255 e. The molecule has 0 saturated carbocycles. The molecular formula is C22H17N2O4S-. The van der Waals surface area contributed by atoms with Gasteiger partial charge in [-0.05, 0) is 48.0 Å². The predicted octanol–water partition coefficient (Wildman–Crippen LogP) is 3.03. The van der Waals surface area contributed by atoms with Crippen LogP contribution in [0.3, 0.4) is 0 Å². The molecule has 0 spiro atoms. The third-order valence-electron chi connectivity index (χ3n) is 3.90. The number of nitrogens with one attached hydrogen (secondary N) is 2. The van der Waals surface area contributed by atoms with E-state index in [9.17, 15) is 19.5 Å². The van der Waals surface area contributed by atoms with Crippen LogP contribution < -0.4 is 15.7 Å². The van der Waals surface area contributed by atoms with Crippen LogP contribution in [-0.2, 0) is 4.79 Å². The Balaban J connectivity index is 1.58. The van der Waals surface area contributed by atoms with Gasteiger partial charge in [0, 0.05) is 21.8 Å². The first kappa shape index (κ1) is 20.2. The molecule has 146 valence electrons. The molecule has 0 saturated heterocycles. The van der Waals surface area contributed by atoms with Gasteiger partial charge in [-0.15, -0.1) is 11.8 Å². The lowest BCUT2D eigenvalue weighted by Gasteiger charge is -2.09. The minimum Gasteiger partial charge on any atom is -0.545 e. The van der Waals surface area contributed by atoms with Gasteiger partial charge in [0.25, 0.3) is 5.91 Å². The van der Waals surface area contributed by atoms with Crippen LogP contribution in [0.5, 0.6) is 0 Å². The fourth-order valence-electron chi connectivity index (χ4n) is 2.49. The van der Waals surface area contributed by atoms with Crippen molar-refractivity contribution in [3.05, 3.63) is 90.0 Å². The smallest absolute Gasteiger partial charge is 0.255 e.